The van der Waals surface area contributed by atoms with E-state index in [4.69, 9.17) is 0 Å². The van der Waals surface area contributed by atoms with Crippen molar-refractivity contribution >= 4 is 16.5 Å². The zero-order chi connectivity index (χ0) is 21.1. The average molecular weight is 409 g/mol. The number of hydrogen-bond donors (Lipinski definition) is 0. The van der Waals surface area contributed by atoms with Crippen LogP contribution in [0.3, 0.4) is 0 Å². The standard InChI is InChI=1S/C24H22F3N3/c25-24(26,27)20-7-5-6-18(16-20)12-15-29-13-3-4-14-30(29)23-11-10-19(17-28)21-8-1-2-9-22(21)23/h1-2,5-11,16H,3-4,12-15H2. The van der Waals surface area contributed by atoms with Crippen LogP contribution in [0.15, 0.2) is 60.7 Å². The zero-order valence-corrected chi connectivity index (χ0v) is 16.5. The van der Waals surface area contributed by atoms with Gasteiger partial charge in [0, 0.05) is 30.4 Å². The van der Waals surface area contributed by atoms with Crippen molar-refractivity contribution in [3.8, 4) is 6.07 Å². The van der Waals surface area contributed by atoms with Crippen LogP contribution in [0.2, 0.25) is 0 Å². The molecule has 0 saturated carbocycles. The first-order valence-corrected chi connectivity index (χ1v) is 10.1. The number of benzene rings is 3. The van der Waals surface area contributed by atoms with Crippen LogP contribution in [-0.4, -0.2) is 24.6 Å². The van der Waals surface area contributed by atoms with Crippen molar-refractivity contribution in [2.45, 2.75) is 25.4 Å². The number of halogens is 3. The van der Waals surface area contributed by atoms with E-state index < -0.39 is 11.7 Å². The van der Waals surface area contributed by atoms with Crippen molar-refractivity contribution in [1.29, 1.82) is 5.26 Å². The van der Waals surface area contributed by atoms with Crippen LogP contribution in [-0.2, 0) is 12.6 Å². The number of anilines is 1. The van der Waals surface area contributed by atoms with E-state index in [1.807, 2.05) is 36.4 Å². The Labute approximate surface area is 173 Å². The summed E-state index contributed by atoms with van der Waals surface area (Å²) in [6.07, 6.45) is -1.69. The Balaban J connectivity index is 1.59. The topological polar surface area (TPSA) is 30.3 Å². The highest BCUT2D eigenvalue weighted by Crippen LogP contribution is 2.32. The van der Waals surface area contributed by atoms with Crippen LogP contribution in [0.25, 0.3) is 10.8 Å². The van der Waals surface area contributed by atoms with Gasteiger partial charge < -0.3 is 5.01 Å². The Hall–Kier alpha value is -3.04. The molecule has 154 valence electrons. The minimum atomic E-state index is -4.32. The molecule has 1 aliphatic heterocycles. The van der Waals surface area contributed by atoms with Crippen LogP contribution < -0.4 is 5.01 Å². The number of nitrogens with zero attached hydrogens (tertiary/aromatic N) is 3. The molecule has 4 rings (SSSR count). The molecule has 0 spiro atoms. The van der Waals surface area contributed by atoms with E-state index in [0.29, 0.717) is 24.1 Å². The molecule has 3 aromatic carbocycles. The highest BCUT2D eigenvalue weighted by atomic mass is 19.4. The second kappa shape index (κ2) is 8.37. The Bertz CT molecular complexity index is 1080. The molecule has 0 N–H and O–H groups in total. The molecule has 0 bridgehead atoms. The molecule has 0 atom stereocenters. The van der Waals surface area contributed by atoms with E-state index in [1.165, 1.54) is 12.1 Å². The summed E-state index contributed by atoms with van der Waals surface area (Å²) in [5.74, 6) is 0. The van der Waals surface area contributed by atoms with Gasteiger partial charge in [-0.05, 0) is 43.0 Å². The van der Waals surface area contributed by atoms with Gasteiger partial charge in [-0.1, -0.05) is 42.5 Å². The van der Waals surface area contributed by atoms with Crippen LogP contribution in [0.1, 0.15) is 29.5 Å². The van der Waals surface area contributed by atoms with Crippen molar-refractivity contribution in [3.05, 3.63) is 77.4 Å². The van der Waals surface area contributed by atoms with E-state index in [-0.39, 0.29) is 0 Å². The van der Waals surface area contributed by atoms with Crippen LogP contribution >= 0.6 is 0 Å². The predicted molar refractivity (Wildman–Crippen MR) is 112 cm³/mol. The summed E-state index contributed by atoms with van der Waals surface area (Å²) in [4.78, 5) is 0. The number of hydrazine groups is 1. The highest BCUT2D eigenvalue weighted by molar-refractivity contribution is 5.97. The second-order valence-electron chi connectivity index (χ2n) is 7.52. The van der Waals surface area contributed by atoms with Gasteiger partial charge in [0.2, 0.25) is 0 Å². The SMILES string of the molecule is N#Cc1ccc(N2CCCCN2CCc2cccc(C(F)(F)F)c2)c2ccccc12. The van der Waals surface area contributed by atoms with Crippen molar-refractivity contribution in [2.24, 2.45) is 0 Å². The number of alkyl halides is 3. The summed E-state index contributed by atoms with van der Waals surface area (Å²) in [6.45, 7) is 2.33. The van der Waals surface area contributed by atoms with Crippen LogP contribution in [0.5, 0.6) is 0 Å². The molecular formula is C24H22F3N3. The Morgan fingerprint density at radius 1 is 0.900 bits per heavy atom. The van der Waals surface area contributed by atoms with E-state index in [1.54, 1.807) is 6.07 Å². The Morgan fingerprint density at radius 3 is 2.43 bits per heavy atom. The number of rotatable bonds is 4. The maximum Gasteiger partial charge on any atom is 0.416 e. The third-order valence-electron chi connectivity index (χ3n) is 5.59. The summed E-state index contributed by atoms with van der Waals surface area (Å²) in [7, 11) is 0. The summed E-state index contributed by atoms with van der Waals surface area (Å²) >= 11 is 0. The van der Waals surface area contributed by atoms with Gasteiger partial charge in [-0.25, -0.2) is 5.01 Å². The monoisotopic (exact) mass is 409 g/mol. The maximum atomic E-state index is 13.0. The lowest BCUT2D eigenvalue weighted by atomic mass is 10.0. The number of hydrogen-bond acceptors (Lipinski definition) is 3. The van der Waals surface area contributed by atoms with Gasteiger partial charge in [0.15, 0.2) is 0 Å². The molecule has 0 aliphatic carbocycles. The lowest BCUT2D eigenvalue weighted by Crippen LogP contribution is -2.48. The fraction of sp³-hybridized carbons (Fsp3) is 0.292. The Morgan fingerprint density at radius 2 is 1.67 bits per heavy atom. The molecule has 1 heterocycles. The van der Waals surface area contributed by atoms with Crippen LogP contribution in [0.4, 0.5) is 18.9 Å². The summed E-state index contributed by atoms with van der Waals surface area (Å²) in [5.41, 5.74) is 1.75. The van der Waals surface area contributed by atoms with Crippen molar-refractivity contribution in [3.63, 3.8) is 0 Å². The second-order valence-corrected chi connectivity index (χ2v) is 7.52. The Kier molecular flexibility index (Phi) is 5.65. The van der Waals surface area contributed by atoms with E-state index in [0.717, 1.165) is 48.5 Å². The fourth-order valence-corrected chi connectivity index (χ4v) is 4.09. The van der Waals surface area contributed by atoms with E-state index >= 15 is 0 Å². The normalized spacial score (nSPS) is 15.3. The molecular weight excluding hydrogens is 387 g/mol. The first-order chi connectivity index (χ1) is 14.5. The van der Waals surface area contributed by atoms with Gasteiger partial charge in [0.05, 0.1) is 22.9 Å². The third kappa shape index (κ3) is 4.12. The molecule has 1 saturated heterocycles. The van der Waals surface area contributed by atoms with Gasteiger partial charge >= 0.3 is 6.18 Å². The van der Waals surface area contributed by atoms with Gasteiger partial charge in [0.25, 0.3) is 0 Å². The predicted octanol–water partition coefficient (Wildman–Crippen LogP) is 5.79. The highest BCUT2D eigenvalue weighted by Gasteiger charge is 2.30. The lowest BCUT2D eigenvalue weighted by molar-refractivity contribution is -0.137. The molecule has 0 amide bonds. The quantitative estimate of drug-likeness (QED) is 0.546. The summed E-state index contributed by atoms with van der Waals surface area (Å²) in [5, 5.41) is 15.8. The van der Waals surface area contributed by atoms with Crippen molar-refractivity contribution < 1.29 is 13.2 Å². The summed E-state index contributed by atoms with van der Waals surface area (Å²) < 4.78 is 39.0. The molecule has 3 nitrogen and oxygen atoms in total. The number of nitriles is 1. The smallest absolute Gasteiger partial charge is 0.305 e. The molecule has 0 aromatic heterocycles. The van der Waals surface area contributed by atoms with E-state index in [9.17, 15) is 18.4 Å². The molecule has 0 unspecified atom stereocenters. The first kappa shape index (κ1) is 20.2. The molecule has 1 fully saturated rings. The first-order valence-electron chi connectivity index (χ1n) is 10.1. The largest absolute Gasteiger partial charge is 0.416 e. The van der Waals surface area contributed by atoms with Gasteiger partial charge in [-0.3, -0.25) is 0 Å². The van der Waals surface area contributed by atoms with E-state index in [2.05, 4.69) is 16.1 Å². The lowest BCUT2D eigenvalue weighted by Gasteiger charge is -2.41. The zero-order valence-electron chi connectivity index (χ0n) is 16.5. The molecule has 0 radical (unpaired) electrons. The van der Waals surface area contributed by atoms with Gasteiger partial charge in [-0.2, -0.15) is 18.4 Å². The molecule has 6 heteroatoms. The average Bonchev–Trinajstić information content (AvgIpc) is 2.77. The fourth-order valence-electron chi connectivity index (χ4n) is 4.09. The minimum Gasteiger partial charge on any atom is -0.305 e. The molecule has 30 heavy (non-hydrogen) atoms. The third-order valence-corrected chi connectivity index (χ3v) is 5.59. The van der Waals surface area contributed by atoms with Crippen molar-refractivity contribution in [2.75, 3.05) is 24.6 Å². The summed E-state index contributed by atoms with van der Waals surface area (Å²) in [6, 6.07) is 19.5. The molecule has 3 aromatic rings. The number of fused-ring (bicyclic) bond motifs is 1. The molecule has 1 aliphatic rings. The van der Waals surface area contributed by atoms with Gasteiger partial charge in [-0.15, -0.1) is 0 Å². The van der Waals surface area contributed by atoms with Crippen LogP contribution in [0, 0.1) is 11.3 Å². The van der Waals surface area contributed by atoms with Gasteiger partial charge in [0.1, 0.15) is 0 Å². The minimum absolute atomic E-state index is 0.536. The maximum absolute atomic E-state index is 13.0. The van der Waals surface area contributed by atoms with Crippen molar-refractivity contribution in [1.82, 2.24) is 5.01 Å².